The van der Waals surface area contributed by atoms with Gasteiger partial charge in [0.25, 0.3) is 0 Å². The number of piperidine rings is 1. The van der Waals surface area contributed by atoms with E-state index in [0.717, 1.165) is 0 Å². The van der Waals surface area contributed by atoms with Crippen LogP contribution in [0.25, 0.3) is 0 Å². The molecule has 0 amide bonds. The molecule has 0 bridgehead atoms. The molecule has 1 aromatic rings. The maximum atomic E-state index is 13.7. The number of nitrogens with zero attached hydrogens (tertiary/aromatic N) is 1. The number of halogens is 2. The number of carboxylic acids is 1. The summed E-state index contributed by atoms with van der Waals surface area (Å²) in [5, 5.41) is 16.4. The fourth-order valence-electron chi connectivity index (χ4n) is 2.41. The number of hydrogen-bond acceptors (Lipinski definition) is 3. The minimum Gasteiger partial charge on any atom is -0.481 e. The minimum atomic E-state index is -0.786. The Hall–Kier alpha value is -1.82. The smallest absolute Gasteiger partial charge is 0.306 e. The lowest BCUT2D eigenvalue weighted by atomic mass is 9.96. The van der Waals surface area contributed by atoms with Crippen molar-refractivity contribution in [3.8, 4) is 0 Å². The first kappa shape index (κ1) is 16.2. The molecule has 1 aliphatic heterocycles. The van der Waals surface area contributed by atoms with Gasteiger partial charge in [0.05, 0.1) is 17.2 Å². The van der Waals surface area contributed by atoms with Gasteiger partial charge in [0.15, 0.2) is 0 Å². The molecule has 0 saturated carbocycles. The number of nitrogens with two attached hydrogens (primary N) is 1. The molecule has 0 atom stereocenters. The van der Waals surface area contributed by atoms with Gasteiger partial charge in [-0.15, -0.1) is 12.4 Å². The number of hydrogen-bond donors (Lipinski definition) is 3. The van der Waals surface area contributed by atoms with Gasteiger partial charge in [-0.05, 0) is 25.0 Å². The van der Waals surface area contributed by atoms with Gasteiger partial charge >= 0.3 is 5.97 Å². The van der Waals surface area contributed by atoms with E-state index in [1.165, 1.54) is 6.07 Å². The van der Waals surface area contributed by atoms with Crippen molar-refractivity contribution < 1.29 is 14.3 Å². The van der Waals surface area contributed by atoms with E-state index in [-0.39, 0.29) is 29.7 Å². The van der Waals surface area contributed by atoms with Crippen molar-refractivity contribution in [3.63, 3.8) is 0 Å². The van der Waals surface area contributed by atoms with E-state index in [9.17, 15) is 9.18 Å². The quantitative estimate of drug-likeness (QED) is 0.587. The first-order chi connectivity index (χ1) is 9.00. The van der Waals surface area contributed by atoms with Gasteiger partial charge in [-0.3, -0.25) is 10.2 Å². The average molecular weight is 302 g/mol. The summed E-state index contributed by atoms with van der Waals surface area (Å²) in [7, 11) is 0. The molecule has 1 heterocycles. The number of nitrogens with one attached hydrogen (secondary N) is 1. The number of rotatable bonds is 3. The predicted octanol–water partition coefficient (Wildman–Crippen LogP) is 1.83. The van der Waals surface area contributed by atoms with Gasteiger partial charge in [0.2, 0.25) is 0 Å². The van der Waals surface area contributed by atoms with Gasteiger partial charge < -0.3 is 15.7 Å². The Balaban J connectivity index is 0.00000200. The van der Waals surface area contributed by atoms with E-state index < -0.39 is 11.8 Å². The van der Waals surface area contributed by atoms with Crippen molar-refractivity contribution in [1.82, 2.24) is 0 Å². The van der Waals surface area contributed by atoms with Gasteiger partial charge in [0.1, 0.15) is 11.7 Å². The Morgan fingerprint density at radius 2 is 2.00 bits per heavy atom. The number of carboxylic acid groups (broad SMARTS) is 1. The van der Waals surface area contributed by atoms with Crippen LogP contribution in [0.4, 0.5) is 10.1 Å². The van der Waals surface area contributed by atoms with Crippen LogP contribution in [0.5, 0.6) is 0 Å². The Labute approximate surface area is 122 Å². The predicted molar refractivity (Wildman–Crippen MR) is 77.2 cm³/mol. The van der Waals surface area contributed by atoms with Gasteiger partial charge in [-0.25, -0.2) is 4.39 Å². The third kappa shape index (κ3) is 3.19. The molecule has 1 saturated heterocycles. The summed E-state index contributed by atoms with van der Waals surface area (Å²) in [6.07, 6.45) is 1.03. The maximum absolute atomic E-state index is 13.7. The average Bonchev–Trinajstić information content (AvgIpc) is 2.38. The second kappa shape index (κ2) is 6.56. The molecule has 7 heteroatoms. The van der Waals surface area contributed by atoms with E-state index in [2.05, 4.69) is 0 Å². The summed E-state index contributed by atoms with van der Waals surface area (Å²) < 4.78 is 13.7. The molecule has 0 aromatic heterocycles. The van der Waals surface area contributed by atoms with E-state index in [1.807, 2.05) is 4.90 Å². The highest BCUT2D eigenvalue weighted by molar-refractivity contribution is 6.00. The molecule has 0 aliphatic carbocycles. The zero-order valence-corrected chi connectivity index (χ0v) is 11.6. The number of anilines is 1. The molecule has 20 heavy (non-hydrogen) atoms. The van der Waals surface area contributed by atoms with E-state index in [0.29, 0.717) is 31.6 Å². The van der Waals surface area contributed by atoms with E-state index in [4.69, 9.17) is 16.2 Å². The highest BCUT2D eigenvalue weighted by atomic mass is 35.5. The van der Waals surface area contributed by atoms with Crippen LogP contribution >= 0.6 is 12.4 Å². The van der Waals surface area contributed by atoms with Crippen LogP contribution in [0.1, 0.15) is 18.4 Å². The first-order valence-corrected chi connectivity index (χ1v) is 6.11. The second-order valence-corrected chi connectivity index (χ2v) is 4.65. The number of nitrogen functional groups attached to an aromatic ring is 1. The Bertz CT molecular complexity index is 516. The summed E-state index contributed by atoms with van der Waals surface area (Å²) in [6, 6.07) is 4.55. The van der Waals surface area contributed by atoms with Crippen molar-refractivity contribution in [2.24, 2.45) is 11.7 Å². The molecule has 2 rings (SSSR count). The number of aliphatic carboxylic acids is 1. The van der Waals surface area contributed by atoms with Crippen molar-refractivity contribution in [2.75, 3.05) is 18.0 Å². The lowest BCUT2D eigenvalue weighted by Crippen LogP contribution is -2.37. The van der Waals surface area contributed by atoms with Crippen molar-refractivity contribution in [3.05, 3.63) is 29.6 Å². The number of carbonyl (C=O) groups is 1. The first-order valence-electron chi connectivity index (χ1n) is 6.11. The molecular formula is C13H17ClFN3O2. The third-order valence-electron chi connectivity index (χ3n) is 3.45. The fraction of sp³-hybridized carbons (Fsp3) is 0.385. The van der Waals surface area contributed by atoms with Crippen LogP contribution in [0, 0.1) is 17.1 Å². The summed E-state index contributed by atoms with van der Waals surface area (Å²) in [4.78, 5) is 12.8. The van der Waals surface area contributed by atoms with E-state index in [1.54, 1.807) is 12.1 Å². The monoisotopic (exact) mass is 301 g/mol. The zero-order valence-electron chi connectivity index (χ0n) is 10.8. The minimum absolute atomic E-state index is 0. The lowest BCUT2D eigenvalue weighted by Gasteiger charge is -2.33. The topological polar surface area (TPSA) is 90.4 Å². The van der Waals surface area contributed by atoms with Crippen LogP contribution in [0.15, 0.2) is 18.2 Å². The van der Waals surface area contributed by atoms with Crippen LogP contribution in [-0.2, 0) is 4.79 Å². The summed E-state index contributed by atoms with van der Waals surface area (Å²) in [5.74, 6) is -1.96. The molecule has 5 nitrogen and oxygen atoms in total. The molecule has 4 N–H and O–H groups in total. The summed E-state index contributed by atoms with van der Waals surface area (Å²) in [6.45, 7) is 1.06. The van der Waals surface area contributed by atoms with Crippen LogP contribution in [0.2, 0.25) is 0 Å². The van der Waals surface area contributed by atoms with Gasteiger partial charge in [-0.1, -0.05) is 6.07 Å². The van der Waals surface area contributed by atoms with Crippen molar-refractivity contribution >= 4 is 29.9 Å². The van der Waals surface area contributed by atoms with Gasteiger partial charge in [0, 0.05) is 13.1 Å². The molecule has 0 spiro atoms. The molecule has 1 aliphatic rings. The van der Waals surface area contributed by atoms with E-state index >= 15 is 0 Å². The summed E-state index contributed by atoms with van der Waals surface area (Å²) >= 11 is 0. The normalized spacial score (nSPS) is 15.6. The second-order valence-electron chi connectivity index (χ2n) is 4.65. The standard InChI is InChI=1S/C13H16FN3O2.ClH/c14-9-2-1-3-10(11(9)12(15)16)17-6-4-8(5-7-17)13(18)19;/h1-3,8H,4-7H2,(H3,15,16)(H,18,19);1H. The highest BCUT2D eigenvalue weighted by Crippen LogP contribution is 2.27. The SMILES string of the molecule is Cl.N=C(N)c1c(F)cccc1N1CCC(C(=O)O)CC1. The molecule has 0 unspecified atom stereocenters. The van der Waals surface area contributed by atoms with Crippen LogP contribution < -0.4 is 10.6 Å². The molecular weight excluding hydrogens is 285 g/mol. The van der Waals surface area contributed by atoms with Crippen molar-refractivity contribution in [2.45, 2.75) is 12.8 Å². The molecule has 0 radical (unpaired) electrons. The Kier molecular flexibility index (Phi) is 5.33. The maximum Gasteiger partial charge on any atom is 0.306 e. The zero-order chi connectivity index (χ0) is 14.0. The van der Waals surface area contributed by atoms with Crippen LogP contribution in [0.3, 0.4) is 0 Å². The van der Waals surface area contributed by atoms with Crippen LogP contribution in [-0.4, -0.2) is 30.0 Å². The van der Waals surface area contributed by atoms with Crippen molar-refractivity contribution in [1.29, 1.82) is 5.41 Å². The Morgan fingerprint density at radius 3 is 2.50 bits per heavy atom. The number of amidine groups is 1. The summed E-state index contributed by atoms with van der Waals surface area (Å²) in [5.41, 5.74) is 6.08. The molecule has 1 aromatic carbocycles. The highest BCUT2D eigenvalue weighted by Gasteiger charge is 2.26. The third-order valence-corrected chi connectivity index (χ3v) is 3.45. The number of benzene rings is 1. The van der Waals surface area contributed by atoms with Gasteiger partial charge in [-0.2, -0.15) is 0 Å². The Morgan fingerprint density at radius 1 is 1.40 bits per heavy atom. The largest absolute Gasteiger partial charge is 0.481 e. The lowest BCUT2D eigenvalue weighted by molar-refractivity contribution is -0.142. The molecule has 110 valence electrons. The fourth-order valence-corrected chi connectivity index (χ4v) is 2.41. The molecule has 1 fully saturated rings.